The third kappa shape index (κ3) is 1.97. The number of fused-ring (bicyclic) bond motifs is 2. The molecule has 0 radical (unpaired) electrons. The first kappa shape index (κ1) is 14.4. The molecule has 2 saturated carbocycles. The number of hydrogen-bond donors (Lipinski definition) is 1. The quantitative estimate of drug-likeness (QED) is 0.913. The Morgan fingerprint density at radius 3 is 2.43 bits per heavy atom. The third-order valence-corrected chi connectivity index (χ3v) is 6.02. The molecule has 0 amide bonds. The summed E-state index contributed by atoms with van der Waals surface area (Å²) in [5.74, 6) is 1.69. The minimum Gasteiger partial charge on any atom is -0.494 e. The monoisotopic (exact) mass is 287 g/mol. The zero-order chi connectivity index (χ0) is 15.3. The number of carbonyl (C=O) groups excluding carboxylic acids is 1. The molecule has 2 aliphatic rings. The fraction of sp³-hybridized carbons (Fsp3) is 0.611. The smallest absolute Gasteiger partial charge is 0.161 e. The second kappa shape index (κ2) is 4.75. The normalized spacial score (nSPS) is 33.2. The summed E-state index contributed by atoms with van der Waals surface area (Å²) in [5, 5.41) is 3.47. The van der Waals surface area contributed by atoms with Gasteiger partial charge in [-0.15, -0.1) is 0 Å². The van der Waals surface area contributed by atoms with E-state index in [9.17, 15) is 4.79 Å². The zero-order valence-corrected chi connectivity index (χ0v) is 13.4. The van der Waals surface area contributed by atoms with Gasteiger partial charge in [-0.25, -0.2) is 0 Å². The molecule has 0 heterocycles. The fourth-order valence-electron chi connectivity index (χ4n) is 4.25. The van der Waals surface area contributed by atoms with Gasteiger partial charge in [0.05, 0.1) is 12.6 Å². The van der Waals surface area contributed by atoms with Crippen LogP contribution in [-0.2, 0) is 4.79 Å². The second-order valence-electron chi connectivity index (χ2n) is 7.14. The molecule has 3 heteroatoms. The average molecular weight is 287 g/mol. The lowest BCUT2D eigenvalue weighted by molar-refractivity contribution is -0.128. The van der Waals surface area contributed by atoms with Crippen LogP contribution in [0.1, 0.15) is 40.5 Å². The van der Waals surface area contributed by atoms with Crippen LogP contribution in [0.25, 0.3) is 0 Å². The van der Waals surface area contributed by atoms with Gasteiger partial charge < -0.3 is 10.1 Å². The van der Waals surface area contributed by atoms with Crippen LogP contribution in [0.2, 0.25) is 0 Å². The van der Waals surface area contributed by atoms with Gasteiger partial charge in [0.2, 0.25) is 0 Å². The van der Waals surface area contributed by atoms with E-state index in [1.54, 1.807) is 0 Å². The minimum absolute atomic E-state index is 0.0447. The summed E-state index contributed by atoms with van der Waals surface area (Å²) in [6.45, 7) is 9.30. The highest BCUT2D eigenvalue weighted by Gasteiger charge is 2.66. The Morgan fingerprint density at radius 2 is 1.90 bits per heavy atom. The van der Waals surface area contributed by atoms with E-state index in [4.69, 9.17) is 4.74 Å². The fourth-order valence-corrected chi connectivity index (χ4v) is 4.25. The number of rotatable bonds is 4. The number of benzene rings is 1. The molecule has 3 rings (SSSR count). The van der Waals surface area contributed by atoms with Gasteiger partial charge >= 0.3 is 0 Å². The standard InChI is InChI=1S/C18H25NO2/c1-5-21-13-8-6-12(7-9-13)19-15-14-10-11-18(4,16(15)20)17(14,2)3/h6-9,14-15,19H,5,10-11H2,1-4H3/t14-,15-,18+/m1/s1. The highest BCUT2D eigenvalue weighted by atomic mass is 16.5. The molecule has 0 saturated heterocycles. The Bertz CT molecular complexity index is 549. The third-order valence-electron chi connectivity index (χ3n) is 6.02. The average Bonchev–Trinajstić information content (AvgIpc) is 2.75. The van der Waals surface area contributed by atoms with Crippen molar-refractivity contribution in [1.82, 2.24) is 0 Å². The van der Waals surface area contributed by atoms with Crippen LogP contribution in [0.4, 0.5) is 5.69 Å². The molecule has 21 heavy (non-hydrogen) atoms. The van der Waals surface area contributed by atoms with E-state index in [2.05, 4.69) is 26.1 Å². The van der Waals surface area contributed by atoms with Gasteiger partial charge in [0, 0.05) is 11.1 Å². The number of ether oxygens (including phenoxy) is 1. The van der Waals surface area contributed by atoms with Gasteiger partial charge in [-0.3, -0.25) is 4.79 Å². The van der Waals surface area contributed by atoms with Crippen LogP contribution in [0.3, 0.4) is 0 Å². The lowest BCUT2D eigenvalue weighted by atomic mass is 9.70. The van der Waals surface area contributed by atoms with Gasteiger partial charge in [0.15, 0.2) is 5.78 Å². The van der Waals surface area contributed by atoms with Gasteiger partial charge in [-0.1, -0.05) is 20.8 Å². The van der Waals surface area contributed by atoms with E-state index < -0.39 is 0 Å². The number of anilines is 1. The molecule has 3 atom stereocenters. The summed E-state index contributed by atoms with van der Waals surface area (Å²) < 4.78 is 5.46. The maximum absolute atomic E-state index is 12.8. The molecule has 0 aromatic heterocycles. The summed E-state index contributed by atoms with van der Waals surface area (Å²) in [4.78, 5) is 12.8. The van der Waals surface area contributed by atoms with Crippen molar-refractivity contribution in [3.63, 3.8) is 0 Å². The molecular weight excluding hydrogens is 262 g/mol. The number of nitrogens with one attached hydrogen (secondary N) is 1. The molecule has 1 aromatic carbocycles. The predicted octanol–water partition coefficient (Wildman–Crippen LogP) is 3.89. The highest BCUT2D eigenvalue weighted by molar-refractivity contribution is 5.96. The van der Waals surface area contributed by atoms with Crippen molar-refractivity contribution in [2.75, 3.05) is 11.9 Å². The lowest BCUT2D eigenvalue weighted by Crippen LogP contribution is -2.38. The van der Waals surface area contributed by atoms with E-state index in [-0.39, 0.29) is 16.9 Å². The Labute approximate surface area is 127 Å². The van der Waals surface area contributed by atoms with Crippen LogP contribution < -0.4 is 10.1 Å². The SMILES string of the molecule is CCOc1ccc(N[C@H]2C(=O)[C@]3(C)CC[C@H]2C3(C)C)cc1. The van der Waals surface area contributed by atoms with Gasteiger partial charge in [-0.2, -0.15) is 0 Å². The van der Waals surface area contributed by atoms with E-state index in [1.807, 2.05) is 31.2 Å². The van der Waals surface area contributed by atoms with Crippen LogP contribution in [-0.4, -0.2) is 18.4 Å². The molecular formula is C18H25NO2. The molecule has 1 N–H and O–H groups in total. The highest BCUT2D eigenvalue weighted by Crippen LogP contribution is 2.63. The maximum atomic E-state index is 12.8. The number of carbonyl (C=O) groups is 1. The van der Waals surface area contributed by atoms with Crippen molar-refractivity contribution >= 4 is 11.5 Å². The zero-order valence-electron chi connectivity index (χ0n) is 13.4. The minimum atomic E-state index is -0.166. The number of ketones is 1. The van der Waals surface area contributed by atoms with E-state index in [0.717, 1.165) is 24.3 Å². The van der Waals surface area contributed by atoms with E-state index >= 15 is 0 Å². The summed E-state index contributed by atoms with van der Waals surface area (Å²) >= 11 is 0. The van der Waals surface area contributed by atoms with Crippen molar-refractivity contribution in [3.8, 4) is 5.75 Å². The van der Waals surface area contributed by atoms with E-state index in [0.29, 0.717) is 18.3 Å². The first-order valence-electron chi connectivity index (χ1n) is 7.94. The molecule has 0 spiro atoms. The summed E-state index contributed by atoms with van der Waals surface area (Å²) in [5.41, 5.74) is 0.928. The van der Waals surface area contributed by atoms with Crippen LogP contribution in [0.5, 0.6) is 5.75 Å². The molecule has 2 fully saturated rings. The number of Topliss-reactive ketones (excluding diaryl/α,β-unsaturated/α-hetero) is 1. The van der Waals surface area contributed by atoms with Crippen molar-refractivity contribution in [1.29, 1.82) is 0 Å². The van der Waals surface area contributed by atoms with Gasteiger partial charge in [-0.05, 0) is 55.4 Å². The molecule has 2 bridgehead atoms. The molecule has 0 aliphatic heterocycles. The van der Waals surface area contributed by atoms with Gasteiger partial charge in [0.25, 0.3) is 0 Å². The predicted molar refractivity (Wildman–Crippen MR) is 84.6 cm³/mol. The number of hydrogen-bond acceptors (Lipinski definition) is 3. The summed E-state index contributed by atoms with van der Waals surface area (Å²) in [6, 6.07) is 7.86. The summed E-state index contributed by atoms with van der Waals surface area (Å²) in [7, 11) is 0. The molecule has 114 valence electrons. The Hall–Kier alpha value is -1.51. The Morgan fingerprint density at radius 1 is 1.24 bits per heavy atom. The maximum Gasteiger partial charge on any atom is 0.161 e. The van der Waals surface area contributed by atoms with Crippen molar-refractivity contribution in [2.24, 2.45) is 16.7 Å². The Kier molecular flexibility index (Phi) is 3.27. The molecule has 2 aliphatic carbocycles. The van der Waals surface area contributed by atoms with Crippen molar-refractivity contribution in [3.05, 3.63) is 24.3 Å². The second-order valence-corrected chi connectivity index (χ2v) is 7.14. The van der Waals surface area contributed by atoms with Crippen LogP contribution >= 0.6 is 0 Å². The van der Waals surface area contributed by atoms with Crippen molar-refractivity contribution in [2.45, 2.75) is 46.6 Å². The molecule has 1 aromatic rings. The van der Waals surface area contributed by atoms with Crippen molar-refractivity contribution < 1.29 is 9.53 Å². The largest absolute Gasteiger partial charge is 0.494 e. The van der Waals surface area contributed by atoms with E-state index in [1.165, 1.54) is 0 Å². The first-order chi connectivity index (χ1) is 9.90. The molecule has 3 nitrogen and oxygen atoms in total. The van der Waals surface area contributed by atoms with Crippen LogP contribution in [0.15, 0.2) is 24.3 Å². The lowest BCUT2D eigenvalue weighted by Gasteiger charge is -2.32. The Balaban J connectivity index is 1.78. The first-order valence-corrected chi connectivity index (χ1v) is 7.94. The summed E-state index contributed by atoms with van der Waals surface area (Å²) in [6.07, 6.45) is 2.18. The van der Waals surface area contributed by atoms with Gasteiger partial charge in [0.1, 0.15) is 5.75 Å². The molecule has 0 unspecified atom stereocenters. The topological polar surface area (TPSA) is 38.3 Å². The van der Waals surface area contributed by atoms with Crippen LogP contribution in [0, 0.1) is 16.7 Å².